The normalized spacial score (nSPS) is 12.0. The number of aromatic nitrogens is 2. The van der Waals surface area contributed by atoms with Crippen LogP contribution < -0.4 is 4.74 Å². The van der Waals surface area contributed by atoms with E-state index in [0.717, 1.165) is 23.1 Å². The van der Waals surface area contributed by atoms with E-state index in [1.807, 2.05) is 31.2 Å². The van der Waals surface area contributed by atoms with Gasteiger partial charge in [-0.2, -0.15) is 0 Å². The van der Waals surface area contributed by atoms with Crippen LogP contribution in [-0.2, 0) is 16.1 Å². The Morgan fingerprint density at radius 2 is 2.05 bits per heavy atom. The molecule has 0 saturated carbocycles. The summed E-state index contributed by atoms with van der Waals surface area (Å²) < 4.78 is 15.6. The summed E-state index contributed by atoms with van der Waals surface area (Å²) in [7, 11) is 1.34. The quantitative estimate of drug-likeness (QED) is 0.599. The van der Waals surface area contributed by atoms with Gasteiger partial charge in [-0.3, -0.25) is 4.79 Å². The topological polar surface area (TPSA) is 74.5 Å². The molecule has 7 heteroatoms. The van der Waals surface area contributed by atoms with Gasteiger partial charge in [-0.15, -0.1) is 10.2 Å². The molecule has 0 N–H and O–H groups in total. The molecule has 6 nitrogen and oxygen atoms in total. The molecule has 0 fully saturated rings. The maximum absolute atomic E-state index is 11.3. The first-order chi connectivity index (χ1) is 10.1. The van der Waals surface area contributed by atoms with Crippen molar-refractivity contribution >= 4 is 17.7 Å². The average molecular weight is 308 g/mol. The van der Waals surface area contributed by atoms with Crippen molar-refractivity contribution in [2.75, 3.05) is 7.11 Å². The van der Waals surface area contributed by atoms with Gasteiger partial charge in [0.25, 0.3) is 11.1 Å². The Bertz CT molecular complexity index is 597. The molecule has 1 heterocycles. The zero-order chi connectivity index (χ0) is 15.2. The van der Waals surface area contributed by atoms with E-state index in [9.17, 15) is 4.79 Å². The van der Waals surface area contributed by atoms with Crippen molar-refractivity contribution in [3.63, 3.8) is 0 Å². The highest BCUT2D eigenvalue weighted by atomic mass is 32.2. The molecule has 0 bridgehead atoms. The van der Waals surface area contributed by atoms with Gasteiger partial charge in [0.2, 0.25) is 0 Å². The smallest absolute Gasteiger partial charge is 0.319 e. The number of hydrogen-bond acceptors (Lipinski definition) is 7. The predicted molar refractivity (Wildman–Crippen MR) is 77.1 cm³/mol. The third-order valence-corrected chi connectivity index (χ3v) is 3.55. The first-order valence-corrected chi connectivity index (χ1v) is 7.23. The van der Waals surface area contributed by atoms with E-state index < -0.39 is 5.25 Å². The zero-order valence-corrected chi connectivity index (χ0v) is 12.8. The van der Waals surface area contributed by atoms with E-state index in [2.05, 4.69) is 14.9 Å². The van der Waals surface area contributed by atoms with E-state index in [1.54, 1.807) is 6.92 Å². The van der Waals surface area contributed by atoms with E-state index in [4.69, 9.17) is 9.15 Å². The summed E-state index contributed by atoms with van der Waals surface area (Å²) in [4.78, 5) is 11.3. The van der Waals surface area contributed by atoms with E-state index in [0.29, 0.717) is 11.1 Å². The molecule has 1 aromatic carbocycles. The molecule has 1 aromatic heterocycles. The van der Waals surface area contributed by atoms with Crippen LogP contribution in [-0.4, -0.2) is 28.5 Å². The number of benzene rings is 1. The molecule has 0 unspecified atom stereocenters. The number of thioether (sulfide) groups is 1. The average Bonchev–Trinajstić information content (AvgIpc) is 2.93. The summed E-state index contributed by atoms with van der Waals surface area (Å²) in [6.07, 6.45) is 0. The first-order valence-electron chi connectivity index (χ1n) is 6.35. The van der Waals surface area contributed by atoms with Crippen molar-refractivity contribution in [1.82, 2.24) is 10.2 Å². The van der Waals surface area contributed by atoms with Crippen molar-refractivity contribution in [3.8, 4) is 5.75 Å². The summed E-state index contributed by atoms with van der Waals surface area (Å²) in [5, 5.41) is 7.64. The molecular weight excluding hydrogens is 292 g/mol. The maximum Gasteiger partial charge on any atom is 0.319 e. The molecule has 0 amide bonds. The summed E-state index contributed by atoms with van der Waals surface area (Å²) in [6, 6.07) is 7.67. The number of esters is 1. The number of carbonyl (C=O) groups is 1. The minimum Gasteiger partial charge on any atom is -0.484 e. The molecule has 2 aromatic rings. The maximum atomic E-state index is 11.3. The molecular formula is C14H16N2O4S. The summed E-state index contributed by atoms with van der Waals surface area (Å²) >= 11 is 1.15. The van der Waals surface area contributed by atoms with Crippen LogP contribution in [0.25, 0.3) is 0 Å². The van der Waals surface area contributed by atoms with Crippen molar-refractivity contribution in [2.45, 2.75) is 30.9 Å². The monoisotopic (exact) mass is 308 g/mol. The van der Waals surface area contributed by atoms with Crippen LogP contribution in [0.3, 0.4) is 0 Å². The van der Waals surface area contributed by atoms with Gasteiger partial charge >= 0.3 is 5.97 Å². The number of carbonyl (C=O) groups excluding carboxylic acids is 1. The Kier molecular flexibility index (Phi) is 5.21. The Hall–Kier alpha value is -2.02. The Morgan fingerprint density at radius 3 is 2.71 bits per heavy atom. The van der Waals surface area contributed by atoms with Crippen LogP contribution in [0.5, 0.6) is 5.75 Å². The lowest BCUT2D eigenvalue weighted by atomic mass is 10.2. The highest BCUT2D eigenvalue weighted by Crippen LogP contribution is 2.23. The molecule has 1 atom stereocenters. The van der Waals surface area contributed by atoms with Crippen LogP contribution >= 0.6 is 11.8 Å². The molecule has 0 spiro atoms. The van der Waals surface area contributed by atoms with E-state index in [-0.39, 0.29) is 12.6 Å². The number of aryl methyl sites for hydroxylation is 1. The summed E-state index contributed by atoms with van der Waals surface area (Å²) in [5.41, 5.74) is 1.16. The minimum atomic E-state index is -0.402. The Labute approximate surface area is 126 Å². The molecule has 0 aliphatic heterocycles. The molecule has 0 radical (unpaired) electrons. The zero-order valence-electron chi connectivity index (χ0n) is 12.0. The largest absolute Gasteiger partial charge is 0.484 e. The van der Waals surface area contributed by atoms with Gasteiger partial charge < -0.3 is 13.9 Å². The number of nitrogens with zero attached hydrogens (tertiary/aromatic N) is 2. The van der Waals surface area contributed by atoms with Gasteiger partial charge in [-0.1, -0.05) is 29.5 Å². The van der Waals surface area contributed by atoms with Gasteiger partial charge in [0.1, 0.15) is 11.0 Å². The lowest BCUT2D eigenvalue weighted by Gasteiger charge is -2.04. The predicted octanol–water partition coefficient (Wildman–Crippen LogP) is 2.61. The number of hydrogen-bond donors (Lipinski definition) is 0. The van der Waals surface area contributed by atoms with E-state index in [1.165, 1.54) is 7.11 Å². The van der Waals surface area contributed by atoms with Gasteiger partial charge in [0.05, 0.1) is 7.11 Å². The van der Waals surface area contributed by atoms with Crippen LogP contribution in [0, 0.1) is 6.92 Å². The molecule has 0 aliphatic rings. The second-order valence-electron chi connectivity index (χ2n) is 4.35. The fraction of sp³-hybridized carbons (Fsp3) is 0.357. The van der Waals surface area contributed by atoms with Crippen molar-refractivity contribution in [2.24, 2.45) is 0 Å². The fourth-order valence-corrected chi connectivity index (χ4v) is 2.22. The lowest BCUT2D eigenvalue weighted by molar-refractivity contribution is -0.139. The molecule has 0 aliphatic carbocycles. The number of methoxy groups -OCH3 is 1. The fourth-order valence-electron chi connectivity index (χ4n) is 1.49. The highest BCUT2D eigenvalue weighted by Gasteiger charge is 2.18. The molecule has 21 heavy (non-hydrogen) atoms. The third-order valence-electron chi connectivity index (χ3n) is 2.64. The van der Waals surface area contributed by atoms with Crippen molar-refractivity contribution in [1.29, 1.82) is 0 Å². The standard InChI is InChI=1S/C14H16N2O4S/c1-9-4-6-11(7-5-9)19-8-12-15-16-14(20-12)21-10(2)13(17)18-3/h4-7,10H,8H2,1-3H3/t10-/m1/s1. The lowest BCUT2D eigenvalue weighted by Crippen LogP contribution is -2.14. The van der Waals surface area contributed by atoms with Gasteiger partial charge in [-0.25, -0.2) is 0 Å². The second kappa shape index (κ2) is 7.12. The second-order valence-corrected chi connectivity index (χ2v) is 5.64. The number of ether oxygens (including phenoxy) is 2. The number of rotatable bonds is 6. The van der Waals surface area contributed by atoms with Crippen LogP contribution in [0.1, 0.15) is 18.4 Å². The molecule has 112 valence electrons. The molecule has 2 rings (SSSR count). The minimum absolute atomic E-state index is 0.184. The Balaban J connectivity index is 1.88. The van der Waals surface area contributed by atoms with Gasteiger partial charge in [0.15, 0.2) is 6.61 Å². The Morgan fingerprint density at radius 1 is 1.33 bits per heavy atom. The van der Waals surface area contributed by atoms with Crippen LogP contribution in [0.2, 0.25) is 0 Å². The highest BCUT2D eigenvalue weighted by molar-refractivity contribution is 8.00. The van der Waals surface area contributed by atoms with Crippen molar-refractivity contribution in [3.05, 3.63) is 35.7 Å². The third kappa shape index (κ3) is 4.49. The van der Waals surface area contributed by atoms with Crippen LogP contribution in [0.4, 0.5) is 0 Å². The summed E-state index contributed by atoms with van der Waals surface area (Å²) in [5.74, 6) is 0.752. The SMILES string of the molecule is COC(=O)[C@@H](C)Sc1nnc(COc2ccc(C)cc2)o1. The first kappa shape index (κ1) is 15.4. The van der Waals surface area contributed by atoms with Crippen molar-refractivity contribution < 1.29 is 18.7 Å². The van der Waals surface area contributed by atoms with Gasteiger partial charge in [0, 0.05) is 0 Å². The van der Waals surface area contributed by atoms with Crippen LogP contribution in [0.15, 0.2) is 33.9 Å². The van der Waals surface area contributed by atoms with Gasteiger partial charge in [-0.05, 0) is 26.0 Å². The van der Waals surface area contributed by atoms with E-state index >= 15 is 0 Å². The molecule has 0 saturated heterocycles. The summed E-state index contributed by atoms with van der Waals surface area (Å²) in [6.45, 7) is 3.90.